The second-order valence-electron chi connectivity index (χ2n) is 6.18. The Morgan fingerprint density at radius 1 is 1.19 bits per heavy atom. The Morgan fingerprint density at radius 3 is 2.52 bits per heavy atom. The fourth-order valence-corrected chi connectivity index (χ4v) is 3.27. The number of carbonyl (C=O) groups excluding carboxylic acids is 1. The normalized spacial score (nSPS) is 18.2. The third-order valence-corrected chi connectivity index (χ3v) is 4.77. The molecule has 108 valence electrons. The quantitative estimate of drug-likeness (QED) is 0.933. The van der Waals surface area contributed by atoms with E-state index in [0.29, 0.717) is 28.6 Å². The number of benzene rings is 1. The molecule has 4 heteroatoms. The van der Waals surface area contributed by atoms with Gasteiger partial charge in [0.1, 0.15) is 5.69 Å². The van der Waals surface area contributed by atoms with Gasteiger partial charge in [-0.2, -0.15) is 0 Å². The van der Waals surface area contributed by atoms with Gasteiger partial charge in [0.05, 0.1) is 10.5 Å². The molecule has 1 aromatic heterocycles. The summed E-state index contributed by atoms with van der Waals surface area (Å²) in [5.41, 5.74) is 1.19. The van der Waals surface area contributed by atoms with Gasteiger partial charge < -0.3 is 5.32 Å². The zero-order valence-electron chi connectivity index (χ0n) is 11.7. The minimum atomic E-state index is -0.0912. The Labute approximate surface area is 128 Å². The zero-order chi connectivity index (χ0) is 14.4. The van der Waals surface area contributed by atoms with Crippen molar-refractivity contribution in [3.05, 3.63) is 41.0 Å². The van der Waals surface area contributed by atoms with E-state index in [4.69, 9.17) is 11.6 Å². The number of amides is 1. The van der Waals surface area contributed by atoms with Gasteiger partial charge >= 0.3 is 0 Å². The molecule has 0 unspecified atom stereocenters. The average molecular weight is 301 g/mol. The summed E-state index contributed by atoms with van der Waals surface area (Å²) in [6, 6.07) is 9.65. The lowest BCUT2D eigenvalue weighted by Gasteiger charge is -2.17. The van der Waals surface area contributed by atoms with Gasteiger partial charge in [0.15, 0.2) is 0 Å². The first-order chi connectivity index (χ1) is 10.2. The van der Waals surface area contributed by atoms with Gasteiger partial charge in [-0.15, -0.1) is 0 Å². The van der Waals surface area contributed by atoms with E-state index < -0.39 is 0 Å². The lowest BCUT2D eigenvalue weighted by Crippen LogP contribution is -2.38. The highest BCUT2D eigenvalue weighted by atomic mass is 35.5. The molecule has 3 nitrogen and oxygen atoms in total. The van der Waals surface area contributed by atoms with Crippen LogP contribution < -0.4 is 5.32 Å². The molecule has 2 aromatic rings. The fraction of sp³-hybridized carbons (Fsp3) is 0.412. The van der Waals surface area contributed by atoms with Crippen LogP contribution >= 0.6 is 11.6 Å². The van der Waals surface area contributed by atoms with E-state index in [9.17, 15) is 4.79 Å². The Morgan fingerprint density at radius 2 is 1.86 bits per heavy atom. The van der Waals surface area contributed by atoms with Crippen molar-refractivity contribution >= 4 is 28.4 Å². The van der Waals surface area contributed by atoms with Crippen LogP contribution in [0, 0.1) is 11.8 Å². The van der Waals surface area contributed by atoms with Gasteiger partial charge in [-0.05, 0) is 49.7 Å². The molecule has 1 N–H and O–H groups in total. The summed E-state index contributed by atoms with van der Waals surface area (Å²) >= 11 is 6.27. The average Bonchev–Trinajstić information content (AvgIpc) is 3.38. The second-order valence-corrected chi connectivity index (χ2v) is 6.59. The van der Waals surface area contributed by atoms with Gasteiger partial charge in [-0.25, -0.2) is 4.98 Å². The van der Waals surface area contributed by atoms with Crippen LogP contribution in [0.4, 0.5) is 0 Å². The molecule has 0 radical (unpaired) electrons. The number of fused-ring (bicyclic) bond motifs is 1. The van der Waals surface area contributed by atoms with Crippen molar-refractivity contribution in [2.24, 2.45) is 11.8 Å². The molecule has 0 atom stereocenters. The van der Waals surface area contributed by atoms with Crippen LogP contribution in [0.5, 0.6) is 0 Å². The van der Waals surface area contributed by atoms with Crippen LogP contribution in [0.1, 0.15) is 36.2 Å². The first-order valence-corrected chi connectivity index (χ1v) is 7.96. The topological polar surface area (TPSA) is 42.0 Å². The van der Waals surface area contributed by atoms with Crippen molar-refractivity contribution in [2.45, 2.75) is 31.7 Å². The van der Waals surface area contributed by atoms with E-state index in [2.05, 4.69) is 10.3 Å². The number of hydrogen-bond acceptors (Lipinski definition) is 2. The lowest BCUT2D eigenvalue weighted by atomic mass is 10.1. The molecule has 2 saturated carbocycles. The number of aromatic nitrogens is 1. The molecular weight excluding hydrogens is 284 g/mol. The Kier molecular flexibility index (Phi) is 3.11. The van der Waals surface area contributed by atoms with Gasteiger partial charge in [0.2, 0.25) is 0 Å². The summed E-state index contributed by atoms with van der Waals surface area (Å²) in [5, 5.41) is 4.66. The minimum absolute atomic E-state index is 0.0912. The summed E-state index contributed by atoms with van der Waals surface area (Å²) < 4.78 is 0. The Bertz CT molecular complexity index is 695. The molecule has 2 aliphatic carbocycles. The number of hydrogen-bond donors (Lipinski definition) is 1. The molecule has 0 saturated heterocycles. The number of nitrogens with zero attached hydrogens (tertiary/aromatic N) is 1. The lowest BCUT2D eigenvalue weighted by molar-refractivity contribution is 0.0921. The molecule has 1 heterocycles. The molecule has 0 bridgehead atoms. The Balaban J connectivity index is 1.61. The predicted octanol–water partition coefficient (Wildman–Crippen LogP) is 3.81. The molecule has 1 aromatic carbocycles. The van der Waals surface area contributed by atoms with Crippen molar-refractivity contribution in [2.75, 3.05) is 0 Å². The van der Waals surface area contributed by atoms with Crippen LogP contribution in [0.25, 0.3) is 10.9 Å². The Hall–Kier alpha value is -1.61. The van der Waals surface area contributed by atoms with Gasteiger partial charge in [-0.1, -0.05) is 29.8 Å². The van der Waals surface area contributed by atoms with E-state index in [-0.39, 0.29) is 5.91 Å². The van der Waals surface area contributed by atoms with Crippen molar-refractivity contribution in [3.63, 3.8) is 0 Å². The molecule has 2 fully saturated rings. The van der Waals surface area contributed by atoms with E-state index in [0.717, 1.165) is 10.9 Å². The number of halogens is 1. The maximum atomic E-state index is 12.5. The third kappa shape index (κ3) is 2.62. The van der Waals surface area contributed by atoms with Gasteiger partial charge in [0, 0.05) is 11.4 Å². The number of nitrogens with one attached hydrogen (secondary N) is 1. The number of pyridine rings is 1. The number of rotatable bonds is 4. The largest absolute Gasteiger partial charge is 0.347 e. The first kappa shape index (κ1) is 13.1. The van der Waals surface area contributed by atoms with Crippen LogP contribution in [0.15, 0.2) is 30.3 Å². The van der Waals surface area contributed by atoms with Crippen LogP contribution in [-0.4, -0.2) is 16.9 Å². The van der Waals surface area contributed by atoms with E-state index in [1.54, 1.807) is 6.07 Å². The van der Waals surface area contributed by atoms with Gasteiger partial charge in [-0.3, -0.25) is 4.79 Å². The van der Waals surface area contributed by atoms with E-state index >= 15 is 0 Å². The molecule has 2 aliphatic rings. The predicted molar refractivity (Wildman–Crippen MR) is 83.5 cm³/mol. The van der Waals surface area contributed by atoms with Crippen molar-refractivity contribution in [1.82, 2.24) is 10.3 Å². The van der Waals surface area contributed by atoms with Crippen LogP contribution in [-0.2, 0) is 0 Å². The highest BCUT2D eigenvalue weighted by Crippen LogP contribution is 2.44. The molecule has 4 rings (SSSR count). The van der Waals surface area contributed by atoms with Crippen molar-refractivity contribution in [3.8, 4) is 0 Å². The van der Waals surface area contributed by atoms with Gasteiger partial charge in [0.25, 0.3) is 5.91 Å². The van der Waals surface area contributed by atoms with Crippen molar-refractivity contribution in [1.29, 1.82) is 0 Å². The minimum Gasteiger partial charge on any atom is -0.347 e. The SMILES string of the molecule is O=C(NC(C1CC1)C1CC1)c1cc(Cl)c2ccccc2n1. The molecule has 0 spiro atoms. The fourth-order valence-electron chi connectivity index (χ4n) is 3.01. The summed E-state index contributed by atoms with van der Waals surface area (Å²) in [5.74, 6) is 1.27. The van der Waals surface area contributed by atoms with Crippen LogP contribution in [0.2, 0.25) is 5.02 Å². The highest BCUT2D eigenvalue weighted by molar-refractivity contribution is 6.35. The summed E-state index contributed by atoms with van der Waals surface area (Å²) in [7, 11) is 0. The molecule has 21 heavy (non-hydrogen) atoms. The van der Waals surface area contributed by atoms with E-state index in [1.807, 2.05) is 24.3 Å². The smallest absolute Gasteiger partial charge is 0.270 e. The molecule has 1 amide bonds. The van der Waals surface area contributed by atoms with Crippen molar-refractivity contribution < 1.29 is 4.79 Å². The standard InChI is InChI=1S/C17H17ClN2O/c18-13-9-15(19-14-4-2-1-3-12(13)14)17(21)20-16(10-5-6-10)11-7-8-11/h1-4,9-11,16H,5-8H2,(H,20,21). The summed E-state index contributed by atoms with van der Waals surface area (Å²) in [4.78, 5) is 16.9. The van der Waals surface area contributed by atoms with E-state index in [1.165, 1.54) is 25.7 Å². The summed E-state index contributed by atoms with van der Waals surface area (Å²) in [6.45, 7) is 0. The first-order valence-electron chi connectivity index (χ1n) is 7.58. The molecule has 0 aliphatic heterocycles. The zero-order valence-corrected chi connectivity index (χ0v) is 12.4. The summed E-state index contributed by atoms with van der Waals surface area (Å²) in [6.07, 6.45) is 4.97. The number of para-hydroxylation sites is 1. The highest BCUT2D eigenvalue weighted by Gasteiger charge is 2.42. The maximum Gasteiger partial charge on any atom is 0.270 e. The molecular formula is C17H17ClN2O. The maximum absolute atomic E-state index is 12.5. The number of carbonyl (C=O) groups is 1. The third-order valence-electron chi connectivity index (χ3n) is 4.46. The monoisotopic (exact) mass is 300 g/mol. The second kappa shape index (κ2) is 4.99. The van der Waals surface area contributed by atoms with Crippen LogP contribution in [0.3, 0.4) is 0 Å².